The van der Waals surface area contributed by atoms with Gasteiger partial charge in [-0.3, -0.25) is 4.79 Å². The van der Waals surface area contributed by atoms with E-state index >= 15 is 0 Å². The number of aromatic nitrogens is 2. The van der Waals surface area contributed by atoms with Gasteiger partial charge < -0.3 is 29.0 Å². The van der Waals surface area contributed by atoms with Gasteiger partial charge in [0.2, 0.25) is 0 Å². The number of aliphatic hydroxyl groups is 1. The fourth-order valence-corrected chi connectivity index (χ4v) is 7.41. The van der Waals surface area contributed by atoms with Crippen molar-refractivity contribution in [1.29, 1.82) is 0 Å². The number of ether oxygens (including phenoxy) is 4. The molecule has 7 rings (SSSR count). The van der Waals surface area contributed by atoms with Crippen molar-refractivity contribution in [1.82, 2.24) is 9.97 Å². The molecule has 2 N–H and O–H groups in total. The lowest BCUT2D eigenvalue weighted by molar-refractivity contribution is -0.0910. The predicted octanol–water partition coefficient (Wildman–Crippen LogP) is 5.51. The smallest absolute Gasteiger partial charge is 0.255 e. The highest BCUT2D eigenvalue weighted by Gasteiger charge is 2.74. The van der Waals surface area contributed by atoms with Crippen LogP contribution in [0.4, 0.5) is 0 Å². The first kappa shape index (κ1) is 26.6. The second kappa shape index (κ2) is 9.91. The van der Waals surface area contributed by atoms with Crippen molar-refractivity contribution in [2.75, 3.05) is 21.3 Å². The normalized spacial score (nSPS) is 24.3. The minimum Gasteiger partial charge on any atom is -0.497 e. The summed E-state index contributed by atoms with van der Waals surface area (Å²) in [5.41, 5.74) is -1.01. The average Bonchev–Trinajstić information content (AvgIpc) is 3.44. The predicted molar refractivity (Wildman–Crippen MR) is 157 cm³/mol. The summed E-state index contributed by atoms with van der Waals surface area (Å²) in [4.78, 5) is 22.5. The van der Waals surface area contributed by atoms with Crippen molar-refractivity contribution in [3.63, 3.8) is 0 Å². The molecule has 3 aliphatic rings. The molecule has 0 radical (unpaired) electrons. The highest BCUT2D eigenvalue weighted by atomic mass is 16.5. The van der Waals surface area contributed by atoms with Crippen molar-refractivity contribution in [2.45, 2.75) is 55.1 Å². The molecule has 4 aromatic rings. The summed E-state index contributed by atoms with van der Waals surface area (Å²) in [6.45, 7) is 0. The minimum absolute atomic E-state index is 0.117. The van der Waals surface area contributed by atoms with Gasteiger partial charge in [0.15, 0.2) is 11.2 Å². The SMILES string of the molecule is COc1ccc([C@@]23Oc4cc(OC)cc(OC)c4[C@]2(O)c2nc(C4CCCCC4)[nH]c(=O)c2[C@H]3c2ccccc2)cc1. The molecule has 0 bridgehead atoms. The third-order valence-corrected chi connectivity index (χ3v) is 9.32. The number of rotatable bonds is 6. The topological polar surface area (TPSA) is 103 Å². The van der Waals surface area contributed by atoms with Gasteiger partial charge in [0.05, 0.1) is 44.1 Å². The third kappa shape index (κ3) is 3.57. The van der Waals surface area contributed by atoms with E-state index in [9.17, 15) is 9.90 Å². The summed E-state index contributed by atoms with van der Waals surface area (Å²) < 4.78 is 23.9. The fourth-order valence-electron chi connectivity index (χ4n) is 7.41. The first-order valence-electron chi connectivity index (χ1n) is 14.5. The molecule has 1 aromatic heterocycles. The number of benzene rings is 3. The second-order valence-electron chi connectivity index (χ2n) is 11.4. The molecule has 3 aromatic carbocycles. The van der Waals surface area contributed by atoms with E-state index in [-0.39, 0.29) is 11.5 Å². The fraction of sp³-hybridized carbons (Fsp3) is 0.353. The van der Waals surface area contributed by atoms with Crippen LogP contribution in [-0.2, 0) is 11.2 Å². The molecule has 2 heterocycles. The Morgan fingerprint density at radius 1 is 0.905 bits per heavy atom. The van der Waals surface area contributed by atoms with Gasteiger partial charge in [-0.25, -0.2) is 4.98 Å². The van der Waals surface area contributed by atoms with Crippen molar-refractivity contribution in [2.24, 2.45) is 0 Å². The van der Waals surface area contributed by atoms with Crippen molar-refractivity contribution in [3.05, 3.63) is 111 Å². The number of fused-ring (bicyclic) bond motifs is 5. The van der Waals surface area contributed by atoms with E-state index in [1.54, 1.807) is 33.5 Å². The highest BCUT2D eigenvalue weighted by molar-refractivity contribution is 5.68. The lowest BCUT2D eigenvalue weighted by atomic mass is 9.70. The number of methoxy groups -OCH3 is 3. The van der Waals surface area contributed by atoms with Crippen molar-refractivity contribution in [3.8, 4) is 23.0 Å². The molecule has 1 aliphatic heterocycles. The molecule has 3 atom stereocenters. The Morgan fingerprint density at radius 3 is 2.29 bits per heavy atom. The van der Waals surface area contributed by atoms with Crippen LogP contribution in [0, 0.1) is 0 Å². The lowest BCUT2D eigenvalue weighted by Gasteiger charge is -2.40. The van der Waals surface area contributed by atoms with E-state index in [1.807, 2.05) is 54.6 Å². The van der Waals surface area contributed by atoms with Crippen LogP contribution in [0.25, 0.3) is 0 Å². The van der Waals surface area contributed by atoms with E-state index in [0.717, 1.165) is 31.2 Å². The molecule has 216 valence electrons. The van der Waals surface area contributed by atoms with Crippen LogP contribution >= 0.6 is 0 Å². The maximum Gasteiger partial charge on any atom is 0.255 e. The van der Waals surface area contributed by atoms with Crippen LogP contribution in [-0.4, -0.2) is 36.4 Å². The van der Waals surface area contributed by atoms with E-state index < -0.39 is 17.1 Å². The number of nitrogens with zero attached hydrogens (tertiary/aromatic N) is 1. The number of nitrogens with one attached hydrogen (secondary N) is 1. The van der Waals surface area contributed by atoms with Gasteiger partial charge in [-0.05, 0) is 30.5 Å². The van der Waals surface area contributed by atoms with Gasteiger partial charge in [0.1, 0.15) is 28.8 Å². The standard InChI is InChI=1S/C34H34N2O6/c1-39-23-16-14-22(15-17-23)34-28(20-10-6-4-7-11-20)27-30(35-31(36-32(27)37)21-12-8-5-9-13-21)33(34,38)29-25(41-3)18-24(40-2)19-26(29)42-34/h4,6-7,10-11,14-19,21,28,38H,5,8-9,12-13H2,1-3H3,(H,35,36,37)/t28-,33+,34+/m1/s1. The number of hydrogen-bond donors (Lipinski definition) is 2. The minimum atomic E-state index is -1.87. The molecular weight excluding hydrogens is 532 g/mol. The summed E-state index contributed by atoms with van der Waals surface area (Å²) in [6, 6.07) is 20.7. The average molecular weight is 567 g/mol. The van der Waals surface area contributed by atoms with E-state index in [4.69, 9.17) is 23.9 Å². The lowest BCUT2D eigenvalue weighted by Crippen LogP contribution is -2.49. The Hall–Kier alpha value is -4.30. The van der Waals surface area contributed by atoms with Crippen molar-refractivity contribution >= 4 is 0 Å². The number of hydrogen-bond acceptors (Lipinski definition) is 7. The first-order valence-corrected chi connectivity index (χ1v) is 14.5. The molecule has 2 aliphatic carbocycles. The Morgan fingerprint density at radius 2 is 1.62 bits per heavy atom. The molecular formula is C34H34N2O6. The van der Waals surface area contributed by atoms with Gasteiger partial charge in [0.25, 0.3) is 5.56 Å². The quantitative estimate of drug-likeness (QED) is 0.317. The van der Waals surface area contributed by atoms with Gasteiger partial charge in [-0.2, -0.15) is 0 Å². The van der Waals surface area contributed by atoms with E-state index in [2.05, 4.69) is 4.98 Å². The Bertz CT molecular complexity index is 1700. The van der Waals surface area contributed by atoms with Gasteiger partial charge >= 0.3 is 0 Å². The monoisotopic (exact) mass is 566 g/mol. The van der Waals surface area contributed by atoms with Crippen LogP contribution in [0.1, 0.15) is 77.7 Å². The Kier molecular flexibility index (Phi) is 6.27. The largest absolute Gasteiger partial charge is 0.497 e. The number of H-pyrrole nitrogens is 1. The summed E-state index contributed by atoms with van der Waals surface area (Å²) >= 11 is 0. The second-order valence-corrected chi connectivity index (χ2v) is 11.4. The summed E-state index contributed by atoms with van der Waals surface area (Å²) in [5, 5.41) is 13.4. The van der Waals surface area contributed by atoms with Crippen LogP contribution < -0.4 is 24.5 Å². The van der Waals surface area contributed by atoms with Crippen LogP contribution in [0.5, 0.6) is 23.0 Å². The molecule has 8 nitrogen and oxygen atoms in total. The summed E-state index contributed by atoms with van der Waals surface area (Å²) in [5.74, 6) is 2.02. The van der Waals surface area contributed by atoms with Crippen LogP contribution in [0.2, 0.25) is 0 Å². The van der Waals surface area contributed by atoms with Gasteiger partial charge in [-0.15, -0.1) is 0 Å². The van der Waals surface area contributed by atoms with Crippen LogP contribution in [0.15, 0.2) is 71.5 Å². The van der Waals surface area contributed by atoms with Gasteiger partial charge in [-0.1, -0.05) is 61.7 Å². The Balaban J connectivity index is 1.60. The molecule has 1 saturated carbocycles. The highest BCUT2D eigenvalue weighted by Crippen LogP contribution is 2.69. The molecule has 0 amide bonds. The molecule has 1 fully saturated rings. The zero-order valence-electron chi connectivity index (χ0n) is 24.0. The third-order valence-electron chi connectivity index (χ3n) is 9.32. The first-order chi connectivity index (χ1) is 20.5. The van der Waals surface area contributed by atoms with Gasteiger partial charge in [0, 0.05) is 23.6 Å². The molecule has 0 saturated heterocycles. The zero-order chi connectivity index (χ0) is 29.1. The van der Waals surface area contributed by atoms with Crippen LogP contribution in [0.3, 0.4) is 0 Å². The molecule has 42 heavy (non-hydrogen) atoms. The Labute approximate surface area is 244 Å². The van der Waals surface area contributed by atoms with E-state index in [1.165, 1.54) is 6.42 Å². The van der Waals surface area contributed by atoms with Crippen molar-refractivity contribution < 1.29 is 24.1 Å². The summed E-state index contributed by atoms with van der Waals surface area (Å²) in [7, 11) is 4.73. The van der Waals surface area contributed by atoms with E-state index in [0.29, 0.717) is 51.2 Å². The molecule has 8 heteroatoms. The maximum absolute atomic E-state index is 14.2. The molecule has 0 spiro atoms. The number of aromatic amines is 1. The maximum atomic E-state index is 14.2. The zero-order valence-corrected chi connectivity index (χ0v) is 24.0. The molecule has 0 unspecified atom stereocenters. The summed E-state index contributed by atoms with van der Waals surface area (Å²) in [6.07, 6.45) is 5.22.